The standard InChI is InChI=1S/C13H19ClN2O2/c14-11-2-1-3-13(8-11)18-10-12(17)9-16-6-4-15-5-7-16/h1-3,8,12,15,17H,4-7,9-10H2. The first-order valence-corrected chi connectivity index (χ1v) is 6.61. The number of piperazine rings is 1. The van der Waals surface area contributed by atoms with E-state index in [9.17, 15) is 5.11 Å². The third-order valence-electron chi connectivity index (χ3n) is 2.92. The van der Waals surface area contributed by atoms with Gasteiger partial charge >= 0.3 is 0 Å². The Hall–Kier alpha value is -0.810. The maximum atomic E-state index is 9.91. The van der Waals surface area contributed by atoms with Crippen LogP contribution in [0.25, 0.3) is 0 Å². The van der Waals surface area contributed by atoms with E-state index >= 15 is 0 Å². The second-order valence-electron chi connectivity index (χ2n) is 4.47. The molecule has 0 amide bonds. The first-order chi connectivity index (χ1) is 8.74. The minimum Gasteiger partial charge on any atom is -0.491 e. The van der Waals surface area contributed by atoms with Gasteiger partial charge in [-0.25, -0.2) is 0 Å². The normalized spacial score (nSPS) is 18.6. The lowest BCUT2D eigenvalue weighted by Crippen LogP contribution is -2.47. The molecule has 0 spiro atoms. The molecule has 2 rings (SSSR count). The van der Waals surface area contributed by atoms with E-state index in [0.29, 0.717) is 23.9 Å². The Labute approximate surface area is 113 Å². The van der Waals surface area contributed by atoms with E-state index in [0.717, 1.165) is 26.2 Å². The van der Waals surface area contributed by atoms with Crippen LogP contribution in [0.15, 0.2) is 24.3 Å². The third kappa shape index (κ3) is 4.46. The third-order valence-corrected chi connectivity index (χ3v) is 3.15. The molecule has 1 aromatic carbocycles. The maximum Gasteiger partial charge on any atom is 0.120 e. The lowest BCUT2D eigenvalue weighted by Gasteiger charge is -2.29. The zero-order valence-corrected chi connectivity index (χ0v) is 11.1. The highest BCUT2D eigenvalue weighted by molar-refractivity contribution is 6.30. The number of hydrogen-bond acceptors (Lipinski definition) is 4. The molecule has 1 aromatic rings. The van der Waals surface area contributed by atoms with E-state index < -0.39 is 6.10 Å². The van der Waals surface area contributed by atoms with E-state index in [2.05, 4.69) is 10.2 Å². The van der Waals surface area contributed by atoms with Gasteiger partial charge in [0.05, 0.1) is 0 Å². The van der Waals surface area contributed by atoms with Crippen molar-refractivity contribution in [2.24, 2.45) is 0 Å². The van der Waals surface area contributed by atoms with Gasteiger partial charge in [-0.15, -0.1) is 0 Å². The largest absolute Gasteiger partial charge is 0.491 e. The molecule has 5 heteroatoms. The fraction of sp³-hybridized carbons (Fsp3) is 0.538. The van der Waals surface area contributed by atoms with Crippen LogP contribution >= 0.6 is 11.6 Å². The number of aliphatic hydroxyl groups is 1. The van der Waals surface area contributed by atoms with Gasteiger partial charge in [0.15, 0.2) is 0 Å². The second-order valence-corrected chi connectivity index (χ2v) is 4.91. The number of aliphatic hydroxyl groups excluding tert-OH is 1. The summed E-state index contributed by atoms with van der Waals surface area (Å²) in [5.74, 6) is 0.696. The van der Waals surface area contributed by atoms with E-state index in [1.165, 1.54) is 0 Å². The molecule has 1 fully saturated rings. The highest BCUT2D eigenvalue weighted by Crippen LogP contribution is 2.17. The number of nitrogens with zero attached hydrogens (tertiary/aromatic N) is 1. The van der Waals surface area contributed by atoms with Crippen LogP contribution < -0.4 is 10.1 Å². The van der Waals surface area contributed by atoms with Gasteiger partial charge in [-0.3, -0.25) is 4.90 Å². The molecule has 1 atom stereocenters. The van der Waals surface area contributed by atoms with Crippen LogP contribution in [-0.4, -0.2) is 55.4 Å². The minimum absolute atomic E-state index is 0.296. The van der Waals surface area contributed by atoms with Gasteiger partial charge in [0.2, 0.25) is 0 Å². The van der Waals surface area contributed by atoms with Gasteiger partial charge in [-0.05, 0) is 18.2 Å². The van der Waals surface area contributed by atoms with Gasteiger partial charge in [0.1, 0.15) is 18.5 Å². The van der Waals surface area contributed by atoms with Crippen molar-refractivity contribution in [1.29, 1.82) is 0 Å². The Kier molecular flexibility index (Phi) is 5.26. The lowest BCUT2D eigenvalue weighted by molar-refractivity contribution is 0.0641. The first kappa shape index (κ1) is 13.6. The average Bonchev–Trinajstić information content (AvgIpc) is 2.38. The second kappa shape index (κ2) is 6.95. The summed E-state index contributed by atoms with van der Waals surface area (Å²) in [5.41, 5.74) is 0. The molecule has 0 saturated carbocycles. The maximum absolute atomic E-state index is 9.91. The first-order valence-electron chi connectivity index (χ1n) is 6.23. The van der Waals surface area contributed by atoms with Crippen LogP contribution in [0.3, 0.4) is 0 Å². The van der Waals surface area contributed by atoms with Crippen molar-refractivity contribution in [3.63, 3.8) is 0 Å². The molecule has 100 valence electrons. The molecule has 0 radical (unpaired) electrons. The van der Waals surface area contributed by atoms with Crippen molar-refractivity contribution in [1.82, 2.24) is 10.2 Å². The van der Waals surface area contributed by atoms with Crippen molar-refractivity contribution >= 4 is 11.6 Å². The molecule has 0 aromatic heterocycles. The fourth-order valence-corrected chi connectivity index (χ4v) is 2.17. The molecule has 1 saturated heterocycles. The highest BCUT2D eigenvalue weighted by atomic mass is 35.5. The molecule has 4 nitrogen and oxygen atoms in total. The number of hydrogen-bond donors (Lipinski definition) is 2. The SMILES string of the molecule is OC(COc1cccc(Cl)c1)CN1CCNCC1. The summed E-state index contributed by atoms with van der Waals surface area (Å²) in [7, 11) is 0. The number of rotatable bonds is 5. The van der Waals surface area contributed by atoms with Crippen molar-refractivity contribution in [3.8, 4) is 5.75 Å². The van der Waals surface area contributed by atoms with E-state index in [-0.39, 0.29) is 0 Å². The Morgan fingerprint density at radius 2 is 2.17 bits per heavy atom. The topological polar surface area (TPSA) is 44.7 Å². The Morgan fingerprint density at radius 3 is 2.89 bits per heavy atom. The van der Waals surface area contributed by atoms with Crippen LogP contribution in [0.2, 0.25) is 5.02 Å². The van der Waals surface area contributed by atoms with Crippen LogP contribution in [0.5, 0.6) is 5.75 Å². The molecule has 0 bridgehead atoms. The van der Waals surface area contributed by atoms with E-state index in [4.69, 9.17) is 16.3 Å². The molecule has 2 N–H and O–H groups in total. The summed E-state index contributed by atoms with van der Waals surface area (Å²) in [6, 6.07) is 7.22. The van der Waals surface area contributed by atoms with Gasteiger partial charge in [-0.1, -0.05) is 17.7 Å². The quantitative estimate of drug-likeness (QED) is 0.838. The summed E-state index contributed by atoms with van der Waals surface area (Å²) in [6.07, 6.45) is -0.470. The van der Waals surface area contributed by atoms with Crippen LogP contribution in [-0.2, 0) is 0 Å². The van der Waals surface area contributed by atoms with Crippen molar-refractivity contribution < 1.29 is 9.84 Å². The zero-order valence-electron chi connectivity index (χ0n) is 10.3. The predicted molar refractivity (Wildman–Crippen MR) is 72.3 cm³/mol. The number of benzene rings is 1. The number of β-amino-alcohol motifs (C(OH)–C–C–N with tert-alkyl or cyclic N) is 1. The number of halogens is 1. The number of ether oxygens (including phenoxy) is 1. The zero-order chi connectivity index (χ0) is 12.8. The van der Waals surface area contributed by atoms with Gasteiger partial charge in [0, 0.05) is 37.7 Å². The summed E-state index contributed by atoms with van der Waals surface area (Å²) in [6.45, 7) is 4.89. The summed E-state index contributed by atoms with van der Waals surface area (Å²) < 4.78 is 5.51. The predicted octanol–water partition coefficient (Wildman–Crippen LogP) is 0.985. The van der Waals surface area contributed by atoms with Gasteiger partial charge in [-0.2, -0.15) is 0 Å². The Balaban J connectivity index is 1.72. The van der Waals surface area contributed by atoms with Crippen molar-refractivity contribution in [3.05, 3.63) is 29.3 Å². The summed E-state index contributed by atoms with van der Waals surface area (Å²) in [4.78, 5) is 2.24. The Morgan fingerprint density at radius 1 is 1.39 bits per heavy atom. The van der Waals surface area contributed by atoms with Crippen LogP contribution in [0, 0.1) is 0 Å². The smallest absolute Gasteiger partial charge is 0.120 e. The van der Waals surface area contributed by atoms with E-state index in [1.54, 1.807) is 12.1 Å². The van der Waals surface area contributed by atoms with E-state index in [1.807, 2.05) is 12.1 Å². The molecule has 18 heavy (non-hydrogen) atoms. The van der Waals surface area contributed by atoms with Gasteiger partial charge in [0.25, 0.3) is 0 Å². The molecular formula is C13H19ClN2O2. The summed E-state index contributed by atoms with van der Waals surface area (Å²) >= 11 is 5.86. The van der Waals surface area contributed by atoms with Gasteiger partial charge < -0.3 is 15.2 Å². The average molecular weight is 271 g/mol. The molecular weight excluding hydrogens is 252 g/mol. The monoisotopic (exact) mass is 270 g/mol. The molecule has 1 unspecified atom stereocenters. The Bertz CT molecular complexity index is 370. The molecule has 1 aliphatic rings. The number of nitrogens with one attached hydrogen (secondary N) is 1. The lowest BCUT2D eigenvalue weighted by atomic mass is 10.3. The molecule has 1 heterocycles. The van der Waals surface area contributed by atoms with Crippen molar-refractivity contribution in [2.45, 2.75) is 6.10 Å². The van der Waals surface area contributed by atoms with Crippen LogP contribution in [0.1, 0.15) is 0 Å². The highest BCUT2D eigenvalue weighted by Gasteiger charge is 2.14. The summed E-state index contributed by atoms with van der Waals surface area (Å²) in [5, 5.41) is 13.8. The fourth-order valence-electron chi connectivity index (χ4n) is 1.99. The van der Waals surface area contributed by atoms with Crippen LogP contribution in [0.4, 0.5) is 0 Å². The van der Waals surface area contributed by atoms with Crippen molar-refractivity contribution in [2.75, 3.05) is 39.3 Å². The molecule has 1 aliphatic heterocycles. The molecule has 0 aliphatic carbocycles. The minimum atomic E-state index is -0.470.